The Morgan fingerprint density at radius 3 is 1.02 bits per heavy atom. The summed E-state index contributed by atoms with van der Waals surface area (Å²) >= 11 is 3.14. The molecule has 0 amide bonds. The molecule has 0 radical (unpaired) electrons. The average Bonchev–Trinajstić information content (AvgIpc) is 3.78. The molecule has 0 atom stereocenters. The topological polar surface area (TPSA) is 6.48 Å². The van der Waals surface area contributed by atoms with Crippen LogP contribution in [0, 0.1) is 0 Å². The molecule has 49 heavy (non-hydrogen) atoms. The van der Waals surface area contributed by atoms with E-state index < -0.39 is 17.0 Å². The van der Waals surface area contributed by atoms with Crippen molar-refractivity contribution < 1.29 is 17.0 Å². The third-order valence-corrected chi connectivity index (χ3v) is 10.8. The van der Waals surface area contributed by atoms with Gasteiger partial charge in [0.2, 0.25) is 0 Å². The van der Waals surface area contributed by atoms with E-state index in [0.29, 0.717) is 0 Å². The molecule has 8 aromatic carbocycles. The summed E-state index contributed by atoms with van der Waals surface area (Å²) in [6.07, 6.45) is 0. The van der Waals surface area contributed by atoms with Crippen LogP contribution in [0.25, 0.3) is 21.5 Å². The van der Waals surface area contributed by atoms with E-state index in [1.807, 2.05) is 23.5 Å². The van der Waals surface area contributed by atoms with Crippen molar-refractivity contribution >= 4 is 97.8 Å². The largest absolute Gasteiger partial charge is 0.327 e. The van der Waals surface area contributed by atoms with Gasteiger partial charge in [0.05, 0.1) is 22.7 Å². The summed E-state index contributed by atoms with van der Waals surface area (Å²) in [5.41, 5.74) is 7.48. The number of nitrogens with zero attached hydrogens (tertiary/aromatic N) is 2. The molecular formula is C42H28Cl2N2S2Ti-2. The van der Waals surface area contributed by atoms with Crippen LogP contribution in [0.4, 0.5) is 34.1 Å². The summed E-state index contributed by atoms with van der Waals surface area (Å²) < 4.78 is 0. The molecule has 0 aliphatic carbocycles. The smallest absolute Gasteiger partial charge is 0.0584 e. The van der Waals surface area contributed by atoms with Gasteiger partial charge in [0.1, 0.15) is 0 Å². The maximum atomic E-state index is 4.89. The number of para-hydroxylation sites is 4. The van der Waals surface area contributed by atoms with Crippen LogP contribution < -0.4 is 9.80 Å². The van der Waals surface area contributed by atoms with Gasteiger partial charge in [-0.2, -0.15) is 0 Å². The summed E-state index contributed by atoms with van der Waals surface area (Å²) in [6, 6.07) is 60.7. The Labute approximate surface area is 311 Å². The molecule has 0 saturated heterocycles. The van der Waals surface area contributed by atoms with Gasteiger partial charge in [0.25, 0.3) is 0 Å². The molecule has 8 aromatic rings. The van der Waals surface area contributed by atoms with E-state index in [-0.39, 0.29) is 0 Å². The summed E-state index contributed by atoms with van der Waals surface area (Å²) in [4.78, 5) is 9.96. The van der Waals surface area contributed by atoms with E-state index in [0.717, 1.165) is 0 Å². The van der Waals surface area contributed by atoms with Crippen LogP contribution in [-0.4, -0.2) is 0 Å². The molecular weight excluding hydrogens is 715 g/mol. The van der Waals surface area contributed by atoms with Crippen LogP contribution in [-0.2, 0) is 17.0 Å². The Morgan fingerprint density at radius 2 is 0.694 bits per heavy atom. The van der Waals surface area contributed by atoms with Crippen molar-refractivity contribution in [1.29, 1.82) is 0 Å². The summed E-state index contributed by atoms with van der Waals surface area (Å²) in [5.74, 6) is 0. The molecule has 0 bridgehead atoms. The predicted molar refractivity (Wildman–Crippen MR) is 208 cm³/mol. The second kappa shape index (κ2) is 14.5. The van der Waals surface area contributed by atoms with Crippen LogP contribution in [0.15, 0.2) is 189 Å². The maximum absolute atomic E-state index is 4.89. The average molecular weight is 744 g/mol. The Morgan fingerprint density at radius 1 is 0.408 bits per heavy atom. The van der Waals surface area contributed by atoms with Gasteiger partial charge in [-0.1, -0.05) is 84.2 Å². The number of benzene rings is 6. The van der Waals surface area contributed by atoms with E-state index in [1.54, 1.807) is 0 Å². The molecule has 2 heterocycles. The van der Waals surface area contributed by atoms with Gasteiger partial charge in [-0.25, -0.2) is 0 Å². The van der Waals surface area contributed by atoms with Crippen molar-refractivity contribution in [2.24, 2.45) is 0 Å². The first-order chi connectivity index (χ1) is 24.2. The Bertz CT molecular complexity index is 2080. The Balaban J connectivity index is 0.000000132. The molecule has 238 valence electrons. The fourth-order valence-corrected chi connectivity index (χ4v) is 8.61. The zero-order chi connectivity index (χ0) is 33.2. The van der Waals surface area contributed by atoms with Crippen molar-refractivity contribution in [2.45, 2.75) is 19.6 Å². The first-order valence-corrected chi connectivity index (χ1v) is 21.7. The first-order valence-electron chi connectivity index (χ1n) is 15.8. The van der Waals surface area contributed by atoms with Crippen LogP contribution in [0.2, 0.25) is 0 Å². The zero-order valence-electron chi connectivity index (χ0n) is 26.1. The molecule has 10 rings (SSSR count). The molecule has 2 aliphatic heterocycles. The van der Waals surface area contributed by atoms with Gasteiger partial charge in [-0.3, -0.25) is 0 Å². The van der Waals surface area contributed by atoms with E-state index in [4.69, 9.17) is 18.6 Å². The number of anilines is 6. The van der Waals surface area contributed by atoms with Crippen molar-refractivity contribution in [1.82, 2.24) is 0 Å². The molecule has 2 nitrogen and oxygen atoms in total. The third-order valence-electron chi connectivity index (χ3n) is 8.59. The molecule has 0 fully saturated rings. The number of hydrogen-bond donors (Lipinski definition) is 0. The van der Waals surface area contributed by atoms with Crippen LogP contribution in [0.5, 0.6) is 0 Å². The first kappa shape index (κ1) is 32.3. The summed E-state index contributed by atoms with van der Waals surface area (Å²) in [5, 5.41) is 5.15. The number of halogens is 2. The van der Waals surface area contributed by atoms with Gasteiger partial charge < -0.3 is 9.80 Å². The van der Waals surface area contributed by atoms with Gasteiger partial charge >= 0.3 is 35.6 Å². The van der Waals surface area contributed by atoms with E-state index in [2.05, 4.69) is 180 Å². The minimum Gasteiger partial charge on any atom is -0.327 e. The van der Waals surface area contributed by atoms with Crippen molar-refractivity contribution in [3.05, 3.63) is 170 Å². The van der Waals surface area contributed by atoms with E-state index >= 15 is 0 Å². The molecule has 2 aliphatic rings. The normalized spacial score (nSPS) is 12.4. The predicted octanol–water partition coefficient (Wildman–Crippen LogP) is 14.4. The molecule has 0 N–H and O–H groups in total. The maximum Gasteiger partial charge on any atom is 0.0584 e. The van der Waals surface area contributed by atoms with Crippen LogP contribution in [0.1, 0.15) is 0 Å². The van der Waals surface area contributed by atoms with Crippen molar-refractivity contribution in [3.8, 4) is 0 Å². The van der Waals surface area contributed by atoms with E-state index in [1.165, 1.54) is 75.3 Å². The monoisotopic (exact) mass is 742 g/mol. The van der Waals surface area contributed by atoms with E-state index in [9.17, 15) is 0 Å². The van der Waals surface area contributed by atoms with Gasteiger partial charge in [-0.05, 0) is 59.9 Å². The second-order valence-corrected chi connectivity index (χ2v) is 16.2. The number of fused-ring (bicyclic) bond motifs is 6. The molecule has 0 spiro atoms. The van der Waals surface area contributed by atoms with Gasteiger partial charge in [0, 0.05) is 19.6 Å². The van der Waals surface area contributed by atoms with Crippen LogP contribution >= 0.6 is 42.1 Å². The molecule has 0 unspecified atom stereocenters. The van der Waals surface area contributed by atoms with Crippen molar-refractivity contribution in [3.63, 3.8) is 0 Å². The SMILES string of the molecule is [Cl][Ti][Cl].c1ccc2c(c1)Sc1ccccc1N2c1cc2ccccc2[cH-]1.c1ccc2c(c1)Sc1ccccc1N2c1cc2ccccc2[cH-]1. The summed E-state index contributed by atoms with van der Waals surface area (Å²) in [6.45, 7) is 0. The Kier molecular flexibility index (Phi) is 9.60. The van der Waals surface area contributed by atoms with Crippen LogP contribution in [0.3, 0.4) is 0 Å². The van der Waals surface area contributed by atoms with Gasteiger partial charge in [-0.15, -0.1) is 82.2 Å². The fourth-order valence-electron chi connectivity index (χ4n) is 6.49. The zero-order valence-corrected chi connectivity index (χ0v) is 30.8. The summed E-state index contributed by atoms with van der Waals surface area (Å²) in [7, 11) is 9.78. The number of hydrogen-bond acceptors (Lipinski definition) is 4. The standard InChI is InChI=1S/2C21H14NS.2ClH.Ti/c2*1-2-8-16-14-17(13-15(16)7-1)22-18-9-3-5-11-20(18)23-21-12-6-4-10-19(21)22;;;/h2*1-14H;2*1H;/q2*-1;;;+2/p-2. The van der Waals surface area contributed by atoms with Crippen molar-refractivity contribution in [2.75, 3.05) is 9.80 Å². The number of rotatable bonds is 2. The fraction of sp³-hybridized carbons (Fsp3) is 0. The Hall–Kier alpha value is -3.87. The third kappa shape index (κ3) is 6.46. The molecule has 7 heteroatoms. The minimum atomic E-state index is -0.556. The van der Waals surface area contributed by atoms with Gasteiger partial charge in [0.15, 0.2) is 0 Å². The molecule has 0 saturated carbocycles. The minimum absolute atomic E-state index is 0.556. The second-order valence-electron chi connectivity index (χ2n) is 11.5. The molecule has 0 aromatic heterocycles. The quantitative estimate of drug-likeness (QED) is 0.128.